The van der Waals surface area contributed by atoms with Gasteiger partial charge in [0.2, 0.25) is 0 Å². The first kappa shape index (κ1) is 17.2. The molecule has 3 nitrogen and oxygen atoms in total. The Labute approximate surface area is 119 Å². The maximum Gasteiger partial charge on any atom is 0.411 e. The Balaban J connectivity index is 2.43. The van der Waals surface area contributed by atoms with E-state index in [1.807, 2.05) is 0 Å². The first-order valence-electron chi connectivity index (χ1n) is 5.86. The lowest BCUT2D eigenvalue weighted by Crippen LogP contribution is -2.38. The fourth-order valence-electron chi connectivity index (χ4n) is 1.61. The van der Waals surface area contributed by atoms with Gasteiger partial charge in [0.25, 0.3) is 0 Å². The average Bonchev–Trinajstić information content (AvgIpc) is 2.34. The van der Waals surface area contributed by atoms with E-state index in [9.17, 15) is 17.6 Å². The lowest BCUT2D eigenvalue weighted by molar-refractivity contribution is -0.174. The zero-order valence-corrected chi connectivity index (χ0v) is 11.3. The molecule has 0 bridgehead atoms. The van der Waals surface area contributed by atoms with Crippen molar-refractivity contribution in [2.45, 2.75) is 25.1 Å². The van der Waals surface area contributed by atoms with Crippen molar-refractivity contribution in [3.8, 4) is 0 Å². The number of hydrogen-bond donors (Lipinski definition) is 2. The van der Waals surface area contributed by atoms with Crippen molar-refractivity contribution in [3.05, 3.63) is 34.6 Å². The maximum atomic E-state index is 13.6. The summed E-state index contributed by atoms with van der Waals surface area (Å²) in [6.07, 6.45) is -3.89. The van der Waals surface area contributed by atoms with Gasteiger partial charge in [-0.25, -0.2) is 4.39 Å². The lowest BCUT2D eigenvalue weighted by Gasteiger charge is -2.17. The van der Waals surface area contributed by atoms with Gasteiger partial charge in [-0.3, -0.25) is 11.3 Å². The number of ether oxygens (including phenoxy) is 1. The predicted molar refractivity (Wildman–Crippen MR) is 67.7 cm³/mol. The SMILES string of the molecule is NNC(CCOCC(F)(F)F)Cc1ccc(Cl)cc1F. The van der Waals surface area contributed by atoms with Crippen LogP contribution in [-0.4, -0.2) is 25.4 Å². The van der Waals surface area contributed by atoms with E-state index in [1.54, 1.807) is 0 Å². The van der Waals surface area contributed by atoms with Crippen molar-refractivity contribution in [3.63, 3.8) is 0 Å². The highest BCUT2D eigenvalue weighted by Crippen LogP contribution is 2.17. The Hall–Kier alpha value is -0.890. The van der Waals surface area contributed by atoms with E-state index in [2.05, 4.69) is 10.2 Å². The van der Waals surface area contributed by atoms with E-state index in [0.29, 0.717) is 5.56 Å². The van der Waals surface area contributed by atoms with Crippen molar-refractivity contribution < 1.29 is 22.3 Å². The largest absolute Gasteiger partial charge is 0.411 e. The van der Waals surface area contributed by atoms with Crippen LogP contribution in [0.15, 0.2) is 18.2 Å². The van der Waals surface area contributed by atoms with E-state index in [4.69, 9.17) is 17.4 Å². The molecule has 0 radical (unpaired) electrons. The van der Waals surface area contributed by atoms with Gasteiger partial charge in [0.15, 0.2) is 0 Å². The molecule has 114 valence electrons. The van der Waals surface area contributed by atoms with Crippen LogP contribution in [0.1, 0.15) is 12.0 Å². The normalized spacial score (nSPS) is 13.5. The second-order valence-electron chi connectivity index (χ2n) is 4.26. The highest BCUT2D eigenvalue weighted by Gasteiger charge is 2.27. The van der Waals surface area contributed by atoms with Gasteiger partial charge in [-0.05, 0) is 30.5 Å². The number of hydrazine groups is 1. The van der Waals surface area contributed by atoms with Gasteiger partial charge >= 0.3 is 6.18 Å². The second kappa shape index (κ2) is 7.78. The van der Waals surface area contributed by atoms with Crippen molar-refractivity contribution in [2.24, 2.45) is 5.84 Å². The highest BCUT2D eigenvalue weighted by atomic mass is 35.5. The third-order valence-electron chi connectivity index (χ3n) is 2.59. The average molecular weight is 315 g/mol. The number of nitrogens with two attached hydrogens (primary N) is 1. The molecule has 1 aromatic rings. The standard InChI is InChI=1S/C12H15ClF4N2O/c13-9-2-1-8(11(14)6-9)5-10(19-18)3-4-20-7-12(15,16)17/h1-2,6,10,19H,3-5,7,18H2. The van der Waals surface area contributed by atoms with Crippen molar-refractivity contribution in [2.75, 3.05) is 13.2 Å². The van der Waals surface area contributed by atoms with Gasteiger partial charge in [-0.15, -0.1) is 0 Å². The molecule has 0 aliphatic rings. The van der Waals surface area contributed by atoms with Gasteiger partial charge in [0.05, 0.1) is 0 Å². The Morgan fingerprint density at radius 3 is 2.60 bits per heavy atom. The summed E-state index contributed by atoms with van der Waals surface area (Å²) in [7, 11) is 0. The quantitative estimate of drug-likeness (QED) is 0.352. The molecule has 0 aliphatic heterocycles. The van der Waals surface area contributed by atoms with Crippen molar-refractivity contribution >= 4 is 11.6 Å². The predicted octanol–water partition coefficient (Wildman–Crippen LogP) is 2.82. The second-order valence-corrected chi connectivity index (χ2v) is 4.70. The topological polar surface area (TPSA) is 47.3 Å². The molecule has 1 aromatic carbocycles. The summed E-state index contributed by atoms with van der Waals surface area (Å²) in [6, 6.07) is 3.83. The van der Waals surface area contributed by atoms with Crippen LogP contribution in [0, 0.1) is 5.82 Å². The molecule has 0 saturated carbocycles. The molecular formula is C12H15ClF4N2O. The Morgan fingerprint density at radius 2 is 2.05 bits per heavy atom. The van der Waals surface area contributed by atoms with Crippen LogP contribution in [0.3, 0.4) is 0 Å². The summed E-state index contributed by atoms with van der Waals surface area (Å²) in [5.41, 5.74) is 2.81. The molecule has 0 spiro atoms. The third kappa shape index (κ3) is 6.51. The summed E-state index contributed by atoms with van der Waals surface area (Å²) in [6.45, 7) is -1.43. The summed E-state index contributed by atoms with van der Waals surface area (Å²) < 4.78 is 53.7. The van der Waals surface area contributed by atoms with E-state index < -0.39 is 18.6 Å². The molecule has 1 atom stereocenters. The molecular weight excluding hydrogens is 300 g/mol. The van der Waals surface area contributed by atoms with Gasteiger partial charge in [0.1, 0.15) is 12.4 Å². The number of alkyl halides is 3. The molecule has 1 rings (SSSR count). The minimum atomic E-state index is -4.35. The van der Waals surface area contributed by atoms with E-state index in [-0.39, 0.29) is 30.5 Å². The van der Waals surface area contributed by atoms with Crippen LogP contribution in [-0.2, 0) is 11.2 Å². The molecule has 0 fully saturated rings. The number of nitrogens with one attached hydrogen (secondary N) is 1. The number of benzene rings is 1. The first-order chi connectivity index (χ1) is 9.31. The molecule has 0 amide bonds. The number of halogens is 5. The summed E-state index contributed by atoms with van der Waals surface area (Å²) in [4.78, 5) is 0. The molecule has 1 unspecified atom stereocenters. The number of hydrogen-bond acceptors (Lipinski definition) is 3. The smallest absolute Gasteiger partial charge is 0.372 e. The molecule has 0 aliphatic carbocycles. The lowest BCUT2D eigenvalue weighted by atomic mass is 10.0. The van der Waals surface area contributed by atoms with Crippen LogP contribution >= 0.6 is 11.6 Å². The Kier molecular flexibility index (Phi) is 6.67. The van der Waals surface area contributed by atoms with Gasteiger partial charge in [-0.2, -0.15) is 13.2 Å². The maximum absolute atomic E-state index is 13.6. The minimum absolute atomic E-state index is 0.121. The van der Waals surface area contributed by atoms with Crippen molar-refractivity contribution in [1.29, 1.82) is 0 Å². The van der Waals surface area contributed by atoms with Gasteiger partial charge in [0, 0.05) is 17.7 Å². The van der Waals surface area contributed by atoms with E-state index in [1.165, 1.54) is 18.2 Å². The molecule has 0 saturated heterocycles. The first-order valence-corrected chi connectivity index (χ1v) is 6.24. The molecule has 3 N–H and O–H groups in total. The Bertz CT molecular complexity index is 428. The molecule has 8 heteroatoms. The zero-order valence-electron chi connectivity index (χ0n) is 10.5. The van der Waals surface area contributed by atoms with E-state index in [0.717, 1.165) is 0 Å². The van der Waals surface area contributed by atoms with Crippen LogP contribution in [0.25, 0.3) is 0 Å². The van der Waals surface area contributed by atoms with Crippen LogP contribution in [0.4, 0.5) is 17.6 Å². The minimum Gasteiger partial charge on any atom is -0.372 e. The third-order valence-corrected chi connectivity index (χ3v) is 2.83. The Morgan fingerprint density at radius 1 is 1.35 bits per heavy atom. The van der Waals surface area contributed by atoms with Crippen LogP contribution in [0.5, 0.6) is 0 Å². The van der Waals surface area contributed by atoms with Crippen molar-refractivity contribution in [1.82, 2.24) is 5.43 Å². The molecule has 20 heavy (non-hydrogen) atoms. The summed E-state index contributed by atoms with van der Waals surface area (Å²) >= 11 is 5.63. The van der Waals surface area contributed by atoms with Crippen LogP contribution < -0.4 is 11.3 Å². The summed E-state index contributed by atoms with van der Waals surface area (Å²) in [5, 5.41) is 0.275. The van der Waals surface area contributed by atoms with Crippen LogP contribution in [0.2, 0.25) is 5.02 Å². The highest BCUT2D eigenvalue weighted by molar-refractivity contribution is 6.30. The fourth-order valence-corrected chi connectivity index (χ4v) is 1.77. The number of rotatable bonds is 7. The zero-order chi connectivity index (χ0) is 15.2. The van der Waals surface area contributed by atoms with E-state index >= 15 is 0 Å². The monoisotopic (exact) mass is 314 g/mol. The fraction of sp³-hybridized carbons (Fsp3) is 0.500. The van der Waals surface area contributed by atoms with Gasteiger partial charge in [-0.1, -0.05) is 17.7 Å². The molecule has 0 heterocycles. The molecule has 0 aromatic heterocycles. The summed E-state index contributed by atoms with van der Waals surface area (Å²) in [5.74, 6) is 4.81. The van der Waals surface area contributed by atoms with Gasteiger partial charge < -0.3 is 4.74 Å².